The molecule has 1 saturated heterocycles. The summed E-state index contributed by atoms with van der Waals surface area (Å²) in [5, 5.41) is 2.92. The van der Waals surface area contributed by atoms with Gasteiger partial charge in [0, 0.05) is 38.5 Å². The molecule has 2 amide bonds. The van der Waals surface area contributed by atoms with Crippen molar-refractivity contribution in [1.82, 2.24) is 10.2 Å². The summed E-state index contributed by atoms with van der Waals surface area (Å²) in [4.78, 5) is 26.6. The Labute approximate surface area is 174 Å². The molecule has 1 aliphatic heterocycles. The lowest BCUT2D eigenvalue weighted by molar-refractivity contribution is -0.136. The summed E-state index contributed by atoms with van der Waals surface area (Å²) in [6.07, 6.45) is 4.71. The lowest BCUT2D eigenvalue weighted by atomic mass is 9.95. The number of piperidine rings is 1. The SMILES string of the molecule is COc1ccccc1CC(C)CC(=O)N1CCCCC1CNC(=O)CCN.Cl. The molecule has 0 aliphatic carbocycles. The molecule has 2 unspecified atom stereocenters. The monoisotopic (exact) mass is 411 g/mol. The van der Waals surface area contributed by atoms with Crippen molar-refractivity contribution in [2.75, 3.05) is 26.7 Å². The summed E-state index contributed by atoms with van der Waals surface area (Å²) in [6, 6.07) is 8.05. The van der Waals surface area contributed by atoms with Gasteiger partial charge < -0.3 is 20.7 Å². The molecule has 1 aromatic carbocycles. The van der Waals surface area contributed by atoms with Crippen LogP contribution in [0.15, 0.2) is 24.3 Å². The number of ether oxygens (including phenoxy) is 1. The maximum Gasteiger partial charge on any atom is 0.223 e. The fraction of sp³-hybridized carbons (Fsp3) is 0.619. The average molecular weight is 412 g/mol. The van der Waals surface area contributed by atoms with Crippen molar-refractivity contribution < 1.29 is 14.3 Å². The highest BCUT2D eigenvalue weighted by Gasteiger charge is 2.27. The van der Waals surface area contributed by atoms with Crippen molar-refractivity contribution in [3.05, 3.63) is 29.8 Å². The van der Waals surface area contributed by atoms with Crippen molar-refractivity contribution in [3.8, 4) is 5.75 Å². The van der Waals surface area contributed by atoms with Crippen LogP contribution in [0, 0.1) is 5.92 Å². The van der Waals surface area contributed by atoms with E-state index >= 15 is 0 Å². The van der Waals surface area contributed by atoms with Gasteiger partial charge in [-0.3, -0.25) is 9.59 Å². The Morgan fingerprint density at radius 3 is 2.79 bits per heavy atom. The van der Waals surface area contributed by atoms with Crippen LogP contribution in [0.4, 0.5) is 0 Å². The van der Waals surface area contributed by atoms with Crippen molar-refractivity contribution in [2.24, 2.45) is 11.7 Å². The second-order valence-corrected chi connectivity index (χ2v) is 7.40. The van der Waals surface area contributed by atoms with Gasteiger partial charge in [-0.2, -0.15) is 0 Å². The van der Waals surface area contributed by atoms with Crippen LogP contribution in [-0.2, 0) is 16.0 Å². The molecule has 2 atom stereocenters. The molecule has 0 radical (unpaired) electrons. The first-order valence-corrected chi connectivity index (χ1v) is 9.93. The number of rotatable bonds is 9. The number of hydrogen-bond donors (Lipinski definition) is 2. The van der Waals surface area contributed by atoms with Crippen LogP contribution in [0.1, 0.15) is 44.6 Å². The van der Waals surface area contributed by atoms with Crippen LogP contribution >= 0.6 is 12.4 Å². The predicted molar refractivity (Wildman–Crippen MR) is 114 cm³/mol. The minimum Gasteiger partial charge on any atom is -0.496 e. The number of halogens is 1. The third-order valence-electron chi connectivity index (χ3n) is 5.14. The van der Waals surface area contributed by atoms with E-state index in [1.165, 1.54) is 0 Å². The molecule has 1 heterocycles. The molecule has 3 N–H and O–H groups in total. The second-order valence-electron chi connectivity index (χ2n) is 7.40. The van der Waals surface area contributed by atoms with Gasteiger partial charge in [0.2, 0.25) is 11.8 Å². The van der Waals surface area contributed by atoms with E-state index < -0.39 is 0 Å². The summed E-state index contributed by atoms with van der Waals surface area (Å²) in [6.45, 7) is 3.75. The molecule has 1 aromatic rings. The third kappa shape index (κ3) is 7.32. The Morgan fingerprint density at radius 2 is 2.07 bits per heavy atom. The maximum absolute atomic E-state index is 12.9. The average Bonchev–Trinajstić information content (AvgIpc) is 2.67. The number of methoxy groups -OCH3 is 1. The first-order valence-electron chi connectivity index (χ1n) is 9.93. The number of carbonyl (C=O) groups excluding carboxylic acids is 2. The number of nitrogens with two attached hydrogens (primary N) is 1. The van der Waals surface area contributed by atoms with Crippen molar-refractivity contribution in [2.45, 2.75) is 51.5 Å². The number of nitrogens with zero attached hydrogens (tertiary/aromatic N) is 1. The Kier molecular flexibility index (Phi) is 10.9. The number of nitrogens with one attached hydrogen (secondary N) is 1. The van der Waals surface area contributed by atoms with Gasteiger partial charge in [0.1, 0.15) is 5.75 Å². The topological polar surface area (TPSA) is 84.7 Å². The molecular formula is C21H34ClN3O3. The number of hydrogen-bond acceptors (Lipinski definition) is 4. The molecule has 0 spiro atoms. The molecular weight excluding hydrogens is 378 g/mol. The molecule has 0 aromatic heterocycles. The number of amides is 2. The standard InChI is InChI=1S/C21H33N3O3.ClH/c1-16(13-17-7-3-4-9-19(17)27-2)14-21(26)24-12-6-5-8-18(24)15-23-20(25)10-11-22;/h3-4,7,9,16,18H,5-6,8,10-15,22H2,1-2H3,(H,23,25);1H. The van der Waals surface area contributed by atoms with E-state index in [4.69, 9.17) is 10.5 Å². The molecule has 28 heavy (non-hydrogen) atoms. The van der Waals surface area contributed by atoms with Gasteiger partial charge in [-0.05, 0) is 43.2 Å². The molecule has 0 bridgehead atoms. The van der Waals surface area contributed by atoms with Gasteiger partial charge in [-0.1, -0.05) is 25.1 Å². The van der Waals surface area contributed by atoms with E-state index in [1.54, 1.807) is 7.11 Å². The zero-order chi connectivity index (χ0) is 19.6. The molecule has 1 aliphatic rings. The van der Waals surface area contributed by atoms with E-state index in [1.807, 2.05) is 23.1 Å². The fourth-order valence-corrected chi connectivity index (χ4v) is 3.73. The molecule has 0 saturated carbocycles. The lowest BCUT2D eigenvalue weighted by Crippen LogP contribution is -2.49. The highest BCUT2D eigenvalue weighted by molar-refractivity contribution is 5.85. The largest absolute Gasteiger partial charge is 0.496 e. The third-order valence-corrected chi connectivity index (χ3v) is 5.14. The van der Waals surface area contributed by atoms with E-state index in [9.17, 15) is 9.59 Å². The zero-order valence-electron chi connectivity index (χ0n) is 17.0. The van der Waals surface area contributed by atoms with Gasteiger partial charge in [0.25, 0.3) is 0 Å². The van der Waals surface area contributed by atoms with Crippen molar-refractivity contribution in [3.63, 3.8) is 0 Å². The fourth-order valence-electron chi connectivity index (χ4n) is 3.73. The van der Waals surface area contributed by atoms with E-state index in [0.717, 1.165) is 43.5 Å². The quantitative estimate of drug-likeness (QED) is 0.653. The second kappa shape index (κ2) is 12.6. The van der Waals surface area contributed by atoms with Gasteiger partial charge in [0.05, 0.1) is 7.11 Å². The van der Waals surface area contributed by atoms with Crippen LogP contribution in [0.3, 0.4) is 0 Å². The normalized spacial score (nSPS) is 17.4. The highest BCUT2D eigenvalue weighted by atomic mass is 35.5. The smallest absolute Gasteiger partial charge is 0.223 e. The number of benzene rings is 1. The summed E-state index contributed by atoms with van der Waals surface area (Å²) in [5.74, 6) is 1.23. The number of para-hydroxylation sites is 1. The first-order chi connectivity index (χ1) is 13.0. The van der Waals surface area contributed by atoms with Crippen LogP contribution in [-0.4, -0.2) is 49.5 Å². The highest BCUT2D eigenvalue weighted by Crippen LogP contribution is 2.24. The number of likely N-dealkylation sites (tertiary alicyclic amines) is 1. The molecule has 6 nitrogen and oxygen atoms in total. The van der Waals surface area contributed by atoms with Crippen LogP contribution in [0.25, 0.3) is 0 Å². The van der Waals surface area contributed by atoms with Gasteiger partial charge in [-0.25, -0.2) is 0 Å². The van der Waals surface area contributed by atoms with E-state index in [2.05, 4.69) is 18.3 Å². The summed E-state index contributed by atoms with van der Waals surface area (Å²) >= 11 is 0. The Bertz CT molecular complexity index is 627. The molecule has 158 valence electrons. The first kappa shape index (κ1) is 24.2. The molecule has 7 heteroatoms. The maximum atomic E-state index is 12.9. The minimum atomic E-state index is -0.0417. The summed E-state index contributed by atoms with van der Waals surface area (Å²) in [5.41, 5.74) is 6.55. The van der Waals surface area contributed by atoms with Gasteiger partial charge in [-0.15, -0.1) is 12.4 Å². The summed E-state index contributed by atoms with van der Waals surface area (Å²) < 4.78 is 5.41. The predicted octanol–water partition coefficient (Wildman–Crippen LogP) is 2.53. The summed E-state index contributed by atoms with van der Waals surface area (Å²) in [7, 11) is 1.67. The minimum absolute atomic E-state index is 0. The van der Waals surface area contributed by atoms with Crippen LogP contribution in [0.2, 0.25) is 0 Å². The van der Waals surface area contributed by atoms with Crippen molar-refractivity contribution >= 4 is 24.2 Å². The Balaban J connectivity index is 0.00000392. The van der Waals surface area contributed by atoms with Gasteiger partial charge >= 0.3 is 0 Å². The van der Waals surface area contributed by atoms with Crippen molar-refractivity contribution in [1.29, 1.82) is 0 Å². The van der Waals surface area contributed by atoms with Gasteiger partial charge in [0.15, 0.2) is 0 Å². The lowest BCUT2D eigenvalue weighted by Gasteiger charge is -2.36. The zero-order valence-corrected chi connectivity index (χ0v) is 17.8. The van der Waals surface area contributed by atoms with E-state index in [0.29, 0.717) is 25.9 Å². The Morgan fingerprint density at radius 1 is 1.32 bits per heavy atom. The molecule has 2 rings (SSSR count). The molecule has 1 fully saturated rings. The number of carbonyl (C=O) groups is 2. The van der Waals surface area contributed by atoms with Crippen LogP contribution < -0.4 is 15.8 Å². The van der Waals surface area contributed by atoms with E-state index in [-0.39, 0.29) is 36.2 Å². The Hall–Kier alpha value is -1.79. The van der Waals surface area contributed by atoms with Crippen LogP contribution in [0.5, 0.6) is 5.75 Å².